The zero-order valence-electron chi connectivity index (χ0n) is 7.32. The maximum absolute atomic E-state index is 11.6. The monoisotopic (exact) mass is 184 g/mol. The fourth-order valence-electron chi connectivity index (χ4n) is 1.13. The molecule has 12 heavy (non-hydrogen) atoms. The van der Waals surface area contributed by atoms with Crippen molar-refractivity contribution in [3.63, 3.8) is 0 Å². The number of benzene rings is 1. The molecule has 0 bridgehead atoms. The molecular formula is C9H13O2P. The van der Waals surface area contributed by atoms with Crippen LogP contribution in [0.25, 0.3) is 0 Å². The van der Waals surface area contributed by atoms with Gasteiger partial charge in [0, 0.05) is 11.5 Å². The standard InChI is InChI=1S/C9H13O2P/c1-3-12(10,11)9-7-5-4-6-8(9)2/h4-7H,3H2,1-2H3,(H,10,11). The third kappa shape index (κ3) is 1.77. The minimum atomic E-state index is -3.06. The molecule has 3 heteroatoms. The fraction of sp³-hybridized carbons (Fsp3) is 0.333. The lowest BCUT2D eigenvalue weighted by Crippen LogP contribution is -2.09. The summed E-state index contributed by atoms with van der Waals surface area (Å²) in [5, 5.41) is 0.590. The van der Waals surface area contributed by atoms with Crippen molar-refractivity contribution >= 4 is 12.7 Å². The second-order valence-corrected chi connectivity index (χ2v) is 5.32. The first-order chi connectivity index (χ1) is 5.58. The molecule has 0 aromatic heterocycles. The Morgan fingerprint density at radius 3 is 2.50 bits per heavy atom. The first kappa shape index (κ1) is 9.50. The van der Waals surface area contributed by atoms with Gasteiger partial charge in [-0.2, -0.15) is 0 Å². The van der Waals surface area contributed by atoms with Crippen LogP contribution >= 0.6 is 7.37 Å². The predicted molar refractivity (Wildman–Crippen MR) is 51.2 cm³/mol. The zero-order chi connectivity index (χ0) is 9.19. The van der Waals surface area contributed by atoms with E-state index < -0.39 is 7.37 Å². The predicted octanol–water partition coefficient (Wildman–Crippen LogP) is 1.91. The van der Waals surface area contributed by atoms with Crippen molar-refractivity contribution in [2.75, 3.05) is 6.16 Å². The summed E-state index contributed by atoms with van der Waals surface area (Å²) in [6.45, 7) is 3.58. The van der Waals surface area contributed by atoms with Crippen LogP contribution in [0.3, 0.4) is 0 Å². The van der Waals surface area contributed by atoms with E-state index in [4.69, 9.17) is 0 Å². The molecule has 1 N–H and O–H groups in total. The molecule has 1 aromatic carbocycles. The van der Waals surface area contributed by atoms with Crippen LogP contribution in [0.2, 0.25) is 0 Å². The van der Waals surface area contributed by atoms with Gasteiger partial charge >= 0.3 is 0 Å². The number of aryl methyl sites for hydroxylation is 1. The highest BCUT2D eigenvalue weighted by atomic mass is 31.2. The lowest BCUT2D eigenvalue weighted by molar-refractivity contribution is 0.491. The van der Waals surface area contributed by atoms with Gasteiger partial charge in [-0.1, -0.05) is 25.1 Å². The van der Waals surface area contributed by atoms with Gasteiger partial charge in [0.15, 0.2) is 0 Å². The molecule has 0 heterocycles. The molecular weight excluding hydrogens is 171 g/mol. The Kier molecular flexibility index (Phi) is 2.71. The van der Waals surface area contributed by atoms with Crippen LogP contribution in [0.15, 0.2) is 24.3 Å². The van der Waals surface area contributed by atoms with Crippen LogP contribution in [0.4, 0.5) is 0 Å². The van der Waals surface area contributed by atoms with E-state index in [1.165, 1.54) is 0 Å². The summed E-state index contributed by atoms with van der Waals surface area (Å²) in [6, 6.07) is 7.24. The number of rotatable bonds is 2. The third-order valence-electron chi connectivity index (χ3n) is 1.92. The van der Waals surface area contributed by atoms with Crippen molar-refractivity contribution in [3.8, 4) is 0 Å². The summed E-state index contributed by atoms with van der Waals surface area (Å²) in [7, 11) is -3.06. The van der Waals surface area contributed by atoms with Crippen molar-refractivity contribution in [1.29, 1.82) is 0 Å². The minimum Gasteiger partial charge on any atom is -0.341 e. The average molecular weight is 184 g/mol. The Labute approximate surface area is 72.7 Å². The molecule has 0 radical (unpaired) electrons. The maximum atomic E-state index is 11.6. The topological polar surface area (TPSA) is 37.3 Å². The molecule has 0 saturated heterocycles. The second-order valence-electron chi connectivity index (χ2n) is 2.80. The molecule has 0 fully saturated rings. The van der Waals surface area contributed by atoms with E-state index in [9.17, 15) is 9.46 Å². The molecule has 0 aliphatic carbocycles. The Morgan fingerprint density at radius 1 is 1.42 bits per heavy atom. The van der Waals surface area contributed by atoms with Crippen molar-refractivity contribution in [2.24, 2.45) is 0 Å². The summed E-state index contributed by atoms with van der Waals surface area (Å²) >= 11 is 0. The molecule has 1 aromatic rings. The molecule has 0 aliphatic rings. The van der Waals surface area contributed by atoms with Crippen LogP contribution in [-0.2, 0) is 4.57 Å². The normalized spacial score (nSPS) is 15.6. The van der Waals surface area contributed by atoms with Crippen LogP contribution in [0.5, 0.6) is 0 Å². The summed E-state index contributed by atoms with van der Waals surface area (Å²) in [4.78, 5) is 9.53. The summed E-state index contributed by atoms with van der Waals surface area (Å²) < 4.78 is 11.6. The molecule has 0 spiro atoms. The van der Waals surface area contributed by atoms with Crippen molar-refractivity contribution in [2.45, 2.75) is 13.8 Å². The van der Waals surface area contributed by atoms with Crippen LogP contribution in [-0.4, -0.2) is 11.1 Å². The molecule has 1 rings (SSSR count). The van der Waals surface area contributed by atoms with E-state index in [-0.39, 0.29) is 0 Å². The Hall–Kier alpha value is -0.590. The van der Waals surface area contributed by atoms with Crippen LogP contribution < -0.4 is 5.30 Å². The van der Waals surface area contributed by atoms with Gasteiger partial charge in [-0.15, -0.1) is 0 Å². The highest BCUT2D eigenvalue weighted by Gasteiger charge is 2.19. The number of hydrogen-bond acceptors (Lipinski definition) is 1. The molecule has 0 aliphatic heterocycles. The van der Waals surface area contributed by atoms with Crippen LogP contribution in [0.1, 0.15) is 12.5 Å². The van der Waals surface area contributed by atoms with E-state index in [0.29, 0.717) is 11.5 Å². The molecule has 2 nitrogen and oxygen atoms in total. The van der Waals surface area contributed by atoms with Gasteiger partial charge in [-0.05, 0) is 18.6 Å². The minimum absolute atomic E-state index is 0.303. The largest absolute Gasteiger partial charge is 0.341 e. The van der Waals surface area contributed by atoms with Gasteiger partial charge in [0.05, 0.1) is 0 Å². The Morgan fingerprint density at radius 2 is 2.00 bits per heavy atom. The Balaban J connectivity index is 3.20. The van der Waals surface area contributed by atoms with E-state index in [1.54, 1.807) is 19.1 Å². The highest BCUT2D eigenvalue weighted by Crippen LogP contribution is 2.39. The highest BCUT2D eigenvalue weighted by molar-refractivity contribution is 7.66. The molecule has 0 saturated carbocycles. The van der Waals surface area contributed by atoms with Crippen LogP contribution in [0, 0.1) is 6.92 Å². The van der Waals surface area contributed by atoms with E-state index in [0.717, 1.165) is 5.56 Å². The van der Waals surface area contributed by atoms with Crippen molar-refractivity contribution < 1.29 is 9.46 Å². The fourth-order valence-corrected chi connectivity index (χ4v) is 2.41. The van der Waals surface area contributed by atoms with Gasteiger partial charge in [-0.25, -0.2) is 0 Å². The summed E-state index contributed by atoms with van der Waals surface area (Å²) in [5.41, 5.74) is 0.894. The smallest absolute Gasteiger partial charge is 0.229 e. The van der Waals surface area contributed by atoms with Crippen molar-refractivity contribution in [1.82, 2.24) is 0 Å². The SMILES string of the molecule is CCP(=O)(O)c1ccccc1C. The first-order valence-electron chi connectivity index (χ1n) is 3.96. The summed E-state index contributed by atoms with van der Waals surface area (Å²) in [6.07, 6.45) is 0.303. The summed E-state index contributed by atoms with van der Waals surface area (Å²) in [5.74, 6) is 0. The zero-order valence-corrected chi connectivity index (χ0v) is 8.21. The van der Waals surface area contributed by atoms with Gasteiger partial charge in [0.2, 0.25) is 7.37 Å². The lowest BCUT2D eigenvalue weighted by atomic mass is 10.2. The maximum Gasteiger partial charge on any atom is 0.229 e. The van der Waals surface area contributed by atoms with E-state index in [1.807, 2.05) is 19.1 Å². The second kappa shape index (κ2) is 3.42. The number of hydrogen-bond donors (Lipinski definition) is 1. The van der Waals surface area contributed by atoms with Gasteiger partial charge in [0.1, 0.15) is 0 Å². The third-order valence-corrected chi connectivity index (χ3v) is 4.03. The van der Waals surface area contributed by atoms with Crippen molar-refractivity contribution in [3.05, 3.63) is 29.8 Å². The first-order valence-corrected chi connectivity index (χ1v) is 5.80. The van der Waals surface area contributed by atoms with Gasteiger partial charge in [0.25, 0.3) is 0 Å². The van der Waals surface area contributed by atoms with Gasteiger partial charge in [-0.3, -0.25) is 4.57 Å². The molecule has 0 amide bonds. The Bertz CT molecular complexity index is 320. The van der Waals surface area contributed by atoms with E-state index >= 15 is 0 Å². The lowest BCUT2D eigenvalue weighted by Gasteiger charge is -2.11. The quantitative estimate of drug-likeness (QED) is 0.713. The molecule has 66 valence electrons. The molecule has 1 unspecified atom stereocenters. The van der Waals surface area contributed by atoms with Gasteiger partial charge < -0.3 is 4.89 Å². The molecule has 1 atom stereocenters. The average Bonchev–Trinajstić information content (AvgIpc) is 2.05. The van der Waals surface area contributed by atoms with E-state index in [2.05, 4.69) is 0 Å².